The zero-order chi connectivity index (χ0) is 15.8. The summed E-state index contributed by atoms with van der Waals surface area (Å²) < 4.78 is 0. The van der Waals surface area contributed by atoms with Gasteiger partial charge in [-0.25, -0.2) is 0 Å². The molecule has 2 unspecified atom stereocenters. The molecule has 0 aliphatic rings. The Morgan fingerprint density at radius 3 is 2.43 bits per heavy atom. The predicted octanol–water partition coefficient (Wildman–Crippen LogP) is 2.38. The first-order chi connectivity index (χ1) is 9.88. The van der Waals surface area contributed by atoms with Gasteiger partial charge < -0.3 is 16.2 Å². The van der Waals surface area contributed by atoms with E-state index in [1.807, 2.05) is 38.1 Å². The Balaban J connectivity index is 2.32. The van der Waals surface area contributed by atoms with E-state index in [4.69, 9.17) is 10.8 Å². The van der Waals surface area contributed by atoms with Crippen molar-refractivity contribution in [3.05, 3.63) is 29.8 Å². The lowest BCUT2D eigenvalue weighted by Gasteiger charge is -2.14. The Morgan fingerprint density at radius 1 is 1.24 bits per heavy atom. The second-order valence-electron chi connectivity index (χ2n) is 5.61. The van der Waals surface area contributed by atoms with Gasteiger partial charge in [0.05, 0.1) is 0 Å². The number of hydrogen-bond acceptors (Lipinski definition) is 3. The first-order valence-corrected chi connectivity index (χ1v) is 7.22. The number of carbonyl (C=O) groups excluding carboxylic acids is 1. The van der Waals surface area contributed by atoms with Gasteiger partial charge in [0.2, 0.25) is 5.91 Å². The van der Waals surface area contributed by atoms with Crippen molar-refractivity contribution in [1.29, 1.82) is 0 Å². The SMILES string of the molecule is CC(CCC(=O)O)CNC(=O)CC(C)c1ccc(N)cc1. The van der Waals surface area contributed by atoms with Gasteiger partial charge in [0.15, 0.2) is 0 Å². The number of carboxylic acids is 1. The molecule has 0 heterocycles. The topological polar surface area (TPSA) is 92.4 Å². The maximum Gasteiger partial charge on any atom is 0.303 e. The molecule has 0 aliphatic carbocycles. The zero-order valence-corrected chi connectivity index (χ0v) is 12.6. The van der Waals surface area contributed by atoms with E-state index in [1.165, 1.54) is 0 Å². The van der Waals surface area contributed by atoms with Crippen LogP contribution in [0.2, 0.25) is 0 Å². The van der Waals surface area contributed by atoms with Crippen LogP contribution in [0, 0.1) is 5.92 Å². The molecule has 1 aromatic rings. The molecule has 1 aromatic carbocycles. The third-order valence-corrected chi connectivity index (χ3v) is 3.50. The Morgan fingerprint density at radius 2 is 1.86 bits per heavy atom. The largest absolute Gasteiger partial charge is 0.481 e. The fraction of sp³-hybridized carbons (Fsp3) is 0.500. The molecule has 0 bridgehead atoms. The third kappa shape index (κ3) is 6.79. The second kappa shape index (κ2) is 8.29. The number of rotatable bonds is 8. The van der Waals surface area contributed by atoms with E-state index in [0.29, 0.717) is 25.1 Å². The normalized spacial score (nSPS) is 13.4. The minimum absolute atomic E-state index is 0.0125. The summed E-state index contributed by atoms with van der Waals surface area (Å²) in [6, 6.07) is 7.53. The molecule has 0 radical (unpaired) electrons. The van der Waals surface area contributed by atoms with Gasteiger partial charge in [-0.05, 0) is 36.0 Å². The van der Waals surface area contributed by atoms with Crippen LogP contribution in [0.1, 0.15) is 44.6 Å². The molecular formula is C16H24N2O3. The molecular weight excluding hydrogens is 268 g/mol. The van der Waals surface area contributed by atoms with Crippen LogP contribution in [-0.4, -0.2) is 23.5 Å². The first-order valence-electron chi connectivity index (χ1n) is 7.22. The van der Waals surface area contributed by atoms with E-state index in [2.05, 4.69) is 5.32 Å². The zero-order valence-electron chi connectivity index (χ0n) is 12.6. The number of amides is 1. The van der Waals surface area contributed by atoms with E-state index in [9.17, 15) is 9.59 Å². The highest BCUT2D eigenvalue weighted by atomic mass is 16.4. The average Bonchev–Trinajstić information content (AvgIpc) is 2.43. The van der Waals surface area contributed by atoms with Crippen molar-refractivity contribution in [3.8, 4) is 0 Å². The maximum absolute atomic E-state index is 11.9. The fourth-order valence-corrected chi connectivity index (χ4v) is 2.05. The number of hydrogen-bond donors (Lipinski definition) is 3. The monoisotopic (exact) mass is 292 g/mol. The Labute approximate surface area is 125 Å². The molecule has 1 rings (SSSR count). The van der Waals surface area contributed by atoms with Gasteiger partial charge in [0.25, 0.3) is 0 Å². The number of benzene rings is 1. The molecule has 1 amide bonds. The van der Waals surface area contributed by atoms with Crippen molar-refractivity contribution in [2.75, 3.05) is 12.3 Å². The van der Waals surface area contributed by atoms with Crippen LogP contribution >= 0.6 is 0 Å². The Bertz CT molecular complexity index is 471. The highest BCUT2D eigenvalue weighted by Crippen LogP contribution is 2.20. The fourth-order valence-electron chi connectivity index (χ4n) is 2.05. The van der Waals surface area contributed by atoms with Crippen LogP contribution in [0.3, 0.4) is 0 Å². The Hall–Kier alpha value is -2.04. The number of nitrogens with two attached hydrogens (primary N) is 1. The molecule has 0 saturated heterocycles. The van der Waals surface area contributed by atoms with Crippen molar-refractivity contribution < 1.29 is 14.7 Å². The second-order valence-corrected chi connectivity index (χ2v) is 5.61. The summed E-state index contributed by atoms with van der Waals surface area (Å²) in [5.41, 5.74) is 7.43. The molecule has 0 spiro atoms. The number of nitrogens with one attached hydrogen (secondary N) is 1. The van der Waals surface area contributed by atoms with E-state index >= 15 is 0 Å². The average molecular weight is 292 g/mol. The molecule has 116 valence electrons. The van der Waals surface area contributed by atoms with Crippen LogP contribution in [0.4, 0.5) is 5.69 Å². The molecule has 21 heavy (non-hydrogen) atoms. The molecule has 5 nitrogen and oxygen atoms in total. The smallest absolute Gasteiger partial charge is 0.303 e. The van der Waals surface area contributed by atoms with E-state index in [-0.39, 0.29) is 24.2 Å². The summed E-state index contributed by atoms with van der Waals surface area (Å²) in [5.74, 6) is -0.525. The number of aliphatic carboxylic acids is 1. The number of anilines is 1. The summed E-state index contributed by atoms with van der Waals surface area (Å²) in [5, 5.41) is 11.5. The minimum Gasteiger partial charge on any atom is -0.481 e. The van der Waals surface area contributed by atoms with Crippen molar-refractivity contribution in [2.24, 2.45) is 5.92 Å². The highest BCUT2D eigenvalue weighted by Gasteiger charge is 2.12. The maximum atomic E-state index is 11.9. The Kier molecular flexibility index (Phi) is 6.72. The molecule has 5 heteroatoms. The van der Waals surface area contributed by atoms with Gasteiger partial charge in [0, 0.05) is 25.1 Å². The van der Waals surface area contributed by atoms with Crippen LogP contribution < -0.4 is 11.1 Å². The van der Waals surface area contributed by atoms with Crippen molar-refractivity contribution in [1.82, 2.24) is 5.32 Å². The van der Waals surface area contributed by atoms with Gasteiger partial charge in [-0.1, -0.05) is 26.0 Å². The van der Waals surface area contributed by atoms with E-state index in [0.717, 1.165) is 5.56 Å². The van der Waals surface area contributed by atoms with E-state index < -0.39 is 5.97 Å². The lowest BCUT2D eigenvalue weighted by molar-refractivity contribution is -0.137. The van der Waals surface area contributed by atoms with Crippen LogP contribution in [-0.2, 0) is 9.59 Å². The summed E-state index contributed by atoms with van der Waals surface area (Å²) in [4.78, 5) is 22.4. The van der Waals surface area contributed by atoms with Gasteiger partial charge in [0.1, 0.15) is 0 Å². The first kappa shape index (κ1) is 17.0. The molecule has 0 aromatic heterocycles. The predicted molar refractivity (Wildman–Crippen MR) is 82.9 cm³/mol. The molecule has 4 N–H and O–H groups in total. The summed E-state index contributed by atoms with van der Waals surface area (Å²) >= 11 is 0. The van der Waals surface area contributed by atoms with Gasteiger partial charge in [-0.2, -0.15) is 0 Å². The van der Waals surface area contributed by atoms with Crippen molar-refractivity contribution in [2.45, 2.75) is 39.0 Å². The molecule has 0 fully saturated rings. The lowest BCUT2D eigenvalue weighted by Crippen LogP contribution is -2.29. The van der Waals surface area contributed by atoms with E-state index in [1.54, 1.807) is 0 Å². The minimum atomic E-state index is -0.801. The van der Waals surface area contributed by atoms with Crippen molar-refractivity contribution >= 4 is 17.6 Å². The summed E-state index contributed by atoms with van der Waals surface area (Å²) in [7, 11) is 0. The van der Waals surface area contributed by atoms with Gasteiger partial charge in [-0.3, -0.25) is 9.59 Å². The number of nitrogen functional groups attached to an aromatic ring is 1. The number of carboxylic acid groups (broad SMARTS) is 1. The third-order valence-electron chi connectivity index (χ3n) is 3.50. The van der Waals surface area contributed by atoms with Gasteiger partial charge in [-0.15, -0.1) is 0 Å². The highest BCUT2D eigenvalue weighted by molar-refractivity contribution is 5.76. The van der Waals surface area contributed by atoms with Gasteiger partial charge >= 0.3 is 5.97 Å². The van der Waals surface area contributed by atoms with Crippen LogP contribution in [0.5, 0.6) is 0 Å². The van der Waals surface area contributed by atoms with Crippen molar-refractivity contribution in [3.63, 3.8) is 0 Å². The lowest BCUT2D eigenvalue weighted by atomic mass is 9.97. The summed E-state index contributed by atoms with van der Waals surface area (Å²) in [6.45, 7) is 4.45. The molecule has 0 aliphatic heterocycles. The summed E-state index contributed by atoms with van der Waals surface area (Å²) in [6.07, 6.45) is 1.12. The van der Waals surface area contributed by atoms with Crippen LogP contribution in [0.15, 0.2) is 24.3 Å². The molecule has 2 atom stereocenters. The quantitative estimate of drug-likeness (QED) is 0.641. The van der Waals surface area contributed by atoms with Crippen LogP contribution in [0.25, 0.3) is 0 Å². The standard InChI is InChI=1S/C16H24N2O3/c1-11(3-8-16(20)21)10-18-15(19)9-12(2)13-4-6-14(17)7-5-13/h4-7,11-12H,3,8-10,17H2,1-2H3,(H,18,19)(H,20,21). The molecule has 0 saturated carbocycles. The number of carbonyl (C=O) groups is 2.